The molecule has 0 bridgehead atoms. The second-order valence-corrected chi connectivity index (χ2v) is 21.7. The van der Waals surface area contributed by atoms with Crippen molar-refractivity contribution < 1.29 is 32.9 Å². The lowest BCUT2D eigenvalue weighted by atomic mass is 10.0. The maximum atomic E-state index is 12.9. The summed E-state index contributed by atoms with van der Waals surface area (Å²) in [4.78, 5) is 25.3. The van der Waals surface area contributed by atoms with E-state index in [2.05, 4.69) is 43.5 Å². The summed E-state index contributed by atoms with van der Waals surface area (Å²) in [7, 11) is 1.24. The Morgan fingerprint density at radius 2 is 0.862 bits per heavy atom. The molecule has 0 aliphatic heterocycles. The Balaban J connectivity index is 4.16. The van der Waals surface area contributed by atoms with Crippen LogP contribution in [0.4, 0.5) is 0 Å². The molecule has 0 rings (SSSR count). The smallest absolute Gasteiger partial charge is 0.268 e. The van der Waals surface area contributed by atoms with Crippen molar-refractivity contribution in [3.05, 3.63) is 36.5 Å². The SMILES string of the molecule is CCCCCCCCCCCCCCCCCCCCCCC/C=C/CC/C=C/CC/C=C/C(O)C(COP(=O)([O-])OCC[N+](C)(C)C)NC(=O)CCCCCCCCCCCCCC. The molecule has 3 unspecified atom stereocenters. The molecular weight excluding hydrogens is 828 g/mol. The van der Waals surface area contributed by atoms with Crippen LogP contribution >= 0.6 is 7.82 Å². The number of aliphatic hydroxyl groups is 1. The van der Waals surface area contributed by atoms with Gasteiger partial charge in [0.25, 0.3) is 7.82 Å². The van der Waals surface area contributed by atoms with Gasteiger partial charge in [-0.3, -0.25) is 9.36 Å². The molecule has 0 spiro atoms. The Hall–Kier alpha value is -1.28. The van der Waals surface area contributed by atoms with Crippen molar-refractivity contribution in [1.29, 1.82) is 0 Å². The van der Waals surface area contributed by atoms with Crippen LogP contribution in [-0.4, -0.2) is 68.5 Å². The van der Waals surface area contributed by atoms with E-state index in [1.807, 2.05) is 27.2 Å². The quantitative estimate of drug-likeness (QED) is 0.0272. The first-order valence-electron chi connectivity index (χ1n) is 27.9. The Labute approximate surface area is 404 Å². The van der Waals surface area contributed by atoms with Gasteiger partial charge in [0.2, 0.25) is 5.91 Å². The second-order valence-electron chi connectivity index (χ2n) is 20.3. The molecule has 65 heavy (non-hydrogen) atoms. The van der Waals surface area contributed by atoms with E-state index in [1.165, 1.54) is 199 Å². The molecule has 0 aromatic heterocycles. The van der Waals surface area contributed by atoms with Crippen molar-refractivity contribution in [2.75, 3.05) is 40.9 Å². The molecule has 0 fully saturated rings. The lowest BCUT2D eigenvalue weighted by Crippen LogP contribution is -2.45. The maximum Gasteiger partial charge on any atom is 0.268 e. The van der Waals surface area contributed by atoms with Gasteiger partial charge in [-0.15, -0.1) is 0 Å². The van der Waals surface area contributed by atoms with Gasteiger partial charge in [-0.1, -0.05) is 249 Å². The van der Waals surface area contributed by atoms with E-state index >= 15 is 0 Å². The number of quaternary nitrogens is 1. The number of nitrogens with zero attached hydrogens (tertiary/aromatic N) is 1. The second kappa shape index (κ2) is 47.8. The summed E-state index contributed by atoms with van der Waals surface area (Å²) in [5.41, 5.74) is 0. The number of hydrogen-bond acceptors (Lipinski definition) is 6. The van der Waals surface area contributed by atoms with Gasteiger partial charge in [0, 0.05) is 6.42 Å². The largest absolute Gasteiger partial charge is 0.756 e. The number of amides is 1. The molecule has 0 aromatic rings. The number of phosphoric ester groups is 1. The van der Waals surface area contributed by atoms with Gasteiger partial charge in [-0.25, -0.2) is 0 Å². The van der Waals surface area contributed by atoms with E-state index in [4.69, 9.17) is 9.05 Å². The zero-order chi connectivity index (χ0) is 47.8. The minimum atomic E-state index is -4.60. The highest BCUT2D eigenvalue weighted by atomic mass is 31.2. The molecule has 0 aliphatic carbocycles. The van der Waals surface area contributed by atoms with Gasteiger partial charge < -0.3 is 28.8 Å². The number of phosphoric acid groups is 1. The Morgan fingerprint density at radius 3 is 1.25 bits per heavy atom. The van der Waals surface area contributed by atoms with Crippen molar-refractivity contribution in [2.45, 2.75) is 276 Å². The summed E-state index contributed by atoms with van der Waals surface area (Å²) in [6.45, 7) is 4.63. The van der Waals surface area contributed by atoms with E-state index in [9.17, 15) is 19.4 Å². The third kappa shape index (κ3) is 50.4. The van der Waals surface area contributed by atoms with Gasteiger partial charge >= 0.3 is 0 Å². The van der Waals surface area contributed by atoms with Crippen LogP contribution in [0.3, 0.4) is 0 Å². The van der Waals surface area contributed by atoms with Crippen LogP contribution in [-0.2, 0) is 18.4 Å². The Bertz CT molecular complexity index is 1150. The third-order valence-corrected chi connectivity index (χ3v) is 13.5. The number of aliphatic hydroxyl groups excluding tert-OH is 1. The van der Waals surface area contributed by atoms with E-state index in [1.54, 1.807) is 6.08 Å². The molecule has 9 heteroatoms. The normalized spacial score (nSPS) is 14.3. The summed E-state index contributed by atoms with van der Waals surface area (Å²) in [6.07, 6.45) is 61.0. The topological polar surface area (TPSA) is 108 Å². The standard InChI is InChI=1S/C56H109N2O6P/c1-6-8-10-12-14-16-18-20-21-22-23-24-25-26-27-28-29-30-31-32-33-34-35-36-37-38-39-41-43-45-47-49-55(59)54(53-64-65(61,62)63-52-51-58(3,4)5)57-56(60)50-48-46-44-42-40-19-17-15-13-11-9-7-2/h35-36,39,41,47,49,54-55,59H,6-34,37-38,40,42-46,48,50-53H2,1-5H3,(H-,57,60,61,62)/b36-35+,41-39+,49-47+. The minimum absolute atomic E-state index is 0.00773. The van der Waals surface area contributed by atoms with E-state index in [0.29, 0.717) is 17.4 Å². The third-order valence-electron chi connectivity index (χ3n) is 12.6. The first-order valence-corrected chi connectivity index (χ1v) is 29.3. The van der Waals surface area contributed by atoms with Gasteiger partial charge in [0.15, 0.2) is 0 Å². The van der Waals surface area contributed by atoms with Crippen LogP contribution in [0.25, 0.3) is 0 Å². The molecular formula is C56H109N2O6P. The lowest BCUT2D eigenvalue weighted by Gasteiger charge is -2.29. The Morgan fingerprint density at radius 1 is 0.523 bits per heavy atom. The zero-order valence-electron chi connectivity index (χ0n) is 43.7. The Kier molecular flexibility index (Phi) is 46.8. The summed E-state index contributed by atoms with van der Waals surface area (Å²) in [5.74, 6) is -0.210. The number of allylic oxidation sites excluding steroid dienone is 5. The zero-order valence-corrected chi connectivity index (χ0v) is 44.6. The average molecular weight is 937 g/mol. The highest BCUT2D eigenvalue weighted by Gasteiger charge is 2.23. The first kappa shape index (κ1) is 63.7. The molecule has 0 saturated heterocycles. The van der Waals surface area contributed by atoms with E-state index < -0.39 is 26.6 Å². The molecule has 0 heterocycles. The fraction of sp³-hybridized carbons (Fsp3) is 0.875. The van der Waals surface area contributed by atoms with Crippen LogP contribution < -0.4 is 10.2 Å². The van der Waals surface area contributed by atoms with E-state index in [0.717, 1.165) is 44.9 Å². The van der Waals surface area contributed by atoms with Crippen molar-refractivity contribution in [3.63, 3.8) is 0 Å². The molecule has 1 amide bonds. The maximum absolute atomic E-state index is 12.9. The number of unbranched alkanes of at least 4 members (excludes halogenated alkanes) is 34. The minimum Gasteiger partial charge on any atom is -0.756 e. The molecule has 384 valence electrons. The number of carbonyl (C=O) groups is 1. The van der Waals surface area contributed by atoms with E-state index in [-0.39, 0.29) is 12.5 Å². The van der Waals surface area contributed by atoms with Crippen LogP contribution in [0.5, 0.6) is 0 Å². The van der Waals surface area contributed by atoms with Crippen molar-refractivity contribution in [3.8, 4) is 0 Å². The number of hydrogen-bond donors (Lipinski definition) is 2. The highest BCUT2D eigenvalue weighted by Crippen LogP contribution is 2.38. The fourth-order valence-electron chi connectivity index (χ4n) is 8.19. The fourth-order valence-corrected chi connectivity index (χ4v) is 8.91. The van der Waals surface area contributed by atoms with Crippen molar-refractivity contribution in [1.82, 2.24) is 5.32 Å². The van der Waals surface area contributed by atoms with Crippen LogP contribution in [0.15, 0.2) is 36.5 Å². The lowest BCUT2D eigenvalue weighted by molar-refractivity contribution is -0.870. The molecule has 0 aromatic carbocycles. The monoisotopic (exact) mass is 937 g/mol. The summed E-state index contributed by atoms with van der Waals surface area (Å²) in [6, 6.07) is -0.906. The van der Waals surface area contributed by atoms with Gasteiger partial charge in [-0.05, 0) is 44.9 Å². The summed E-state index contributed by atoms with van der Waals surface area (Å²) >= 11 is 0. The van der Waals surface area contributed by atoms with Crippen LogP contribution in [0.1, 0.15) is 264 Å². The molecule has 3 atom stereocenters. The molecule has 0 saturated carbocycles. The van der Waals surface area contributed by atoms with Crippen molar-refractivity contribution in [2.24, 2.45) is 0 Å². The number of likely N-dealkylation sites (N-methyl/N-ethyl adjacent to an activating group) is 1. The molecule has 0 radical (unpaired) electrons. The molecule has 8 nitrogen and oxygen atoms in total. The summed E-state index contributed by atoms with van der Waals surface area (Å²) in [5, 5.41) is 13.8. The van der Waals surface area contributed by atoms with Gasteiger partial charge in [0.05, 0.1) is 39.9 Å². The summed E-state index contributed by atoms with van der Waals surface area (Å²) < 4.78 is 23.2. The highest BCUT2D eigenvalue weighted by molar-refractivity contribution is 7.45. The van der Waals surface area contributed by atoms with Gasteiger partial charge in [-0.2, -0.15) is 0 Å². The molecule has 0 aliphatic rings. The molecule has 2 N–H and O–H groups in total. The van der Waals surface area contributed by atoms with Gasteiger partial charge in [0.1, 0.15) is 13.2 Å². The van der Waals surface area contributed by atoms with Crippen LogP contribution in [0, 0.1) is 0 Å². The van der Waals surface area contributed by atoms with Crippen molar-refractivity contribution >= 4 is 13.7 Å². The number of carbonyl (C=O) groups excluding carboxylic acids is 1. The predicted molar refractivity (Wildman–Crippen MR) is 279 cm³/mol. The predicted octanol–water partition coefficient (Wildman–Crippen LogP) is 16.0. The number of rotatable bonds is 51. The number of nitrogens with one attached hydrogen (secondary N) is 1. The first-order chi connectivity index (χ1) is 31.5. The van der Waals surface area contributed by atoms with Crippen LogP contribution in [0.2, 0.25) is 0 Å². The average Bonchev–Trinajstić information content (AvgIpc) is 3.26.